The third-order valence-corrected chi connectivity index (χ3v) is 3.27. The zero-order chi connectivity index (χ0) is 14.7. The average Bonchev–Trinajstić information content (AvgIpc) is 2.38. The number of hydrogen-bond acceptors (Lipinski definition) is 2. The first-order valence-corrected chi connectivity index (χ1v) is 6.74. The van der Waals surface area contributed by atoms with Gasteiger partial charge in [-0.1, -0.05) is 28.1 Å². The number of carbonyl (C=O) groups excluding carboxylic acids is 1. The van der Waals surface area contributed by atoms with Crippen LogP contribution in [0.1, 0.15) is 6.92 Å². The van der Waals surface area contributed by atoms with E-state index in [1.165, 1.54) is 6.92 Å². The molecule has 2 amide bonds. The van der Waals surface area contributed by atoms with Gasteiger partial charge in [-0.05, 0) is 42.0 Å². The second-order valence-corrected chi connectivity index (χ2v) is 5.28. The van der Waals surface area contributed by atoms with Gasteiger partial charge >= 0.3 is 12.0 Å². The van der Waals surface area contributed by atoms with E-state index in [-0.39, 0.29) is 0 Å². The summed E-state index contributed by atoms with van der Waals surface area (Å²) in [5, 5.41) is 15.7. The van der Waals surface area contributed by atoms with Gasteiger partial charge in [0.2, 0.25) is 0 Å². The summed E-state index contributed by atoms with van der Waals surface area (Å²) in [7, 11) is 0. The second kappa shape index (κ2) is 5.92. The fraction of sp³-hybridized carbons (Fsp3) is 0.143. The monoisotopic (exact) mass is 336 g/mol. The molecule has 0 saturated heterocycles. The van der Waals surface area contributed by atoms with Crippen LogP contribution >= 0.6 is 15.9 Å². The molecule has 0 heterocycles. The summed E-state index contributed by atoms with van der Waals surface area (Å²) in [6.07, 6.45) is 0. The van der Waals surface area contributed by atoms with E-state index in [9.17, 15) is 9.59 Å². The molecule has 0 saturated carbocycles. The SMILES string of the molecule is C[C@H](NC(=O)Nc1ccc2cc(Br)ccc2c1)C(=O)O. The molecule has 104 valence electrons. The molecular weight excluding hydrogens is 324 g/mol. The summed E-state index contributed by atoms with van der Waals surface area (Å²) in [5.74, 6) is -1.08. The molecule has 20 heavy (non-hydrogen) atoms. The van der Waals surface area contributed by atoms with Crippen molar-refractivity contribution in [1.82, 2.24) is 5.32 Å². The topological polar surface area (TPSA) is 78.4 Å². The van der Waals surface area contributed by atoms with Gasteiger partial charge in [0.1, 0.15) is 6.04 Å². The number of amides is 2. The summed E-state index contributed by atoms with van der Waals surface area (Å²) in [6, 6.07) is 9.82. The molecule has 0 unspecified atom stereocenters. The van der Waals surface area contributed by atoms with Crippen molar-refractivity contribution in [3.05, 3.63) is 40.9 Å². The highest BCUT2D eigenvalue weighted by Gasteiger charge is 2.13. The number of aliphatic carboxylic acids is 1. The summed E-state index contributed by atoms with van der Waals surface area (Å²) in [4.78, 5) is 22.3. The summed E-state index contributed by atoms with van der Waals surface area (Å²) < 4.78 is 0.985. The molecule has 2 rings (SSSR count). The van der Waals surface area contributed by atoms with Crippen LogP contribution in [0.4, 0.5) is 10.5 Å². The molecule has 0 aliphatic rings. The highest BCUT2D eigenvalue weighted by Crippen LogP contribution is 2.22. The second-order valence-electron chi connectivity index (χ2n) is 4.36. The molecule has 2 aromatic rings. The molecule has 0 radical (unpaired) electrons. The molecule has 5 nitrogen and oxygen atoms in total. The van der Waals surface area contributed by atoms with Crippen molar-refractivity contribution < 1.29 is 14.7 Å². The first-order chi connectivity index (χ1) is 9.45. The summed E-state index contributed by atoms with van der Waals surface area (Å²) in [5.41, 5.74) is 0.606. The van der Waals surface area contributed by atoms with Gasteiger partial charge in [-0.15, -0.1) is 0 Å². The van der Waals surface area contributed by atoms with Crippen molar-refractivity contribution in [3.63, 3.8) is 0 Å². The number of urea groups is 1. The number of fused-ring (bicyclic) bond motifs is 1. The van der Waals surface area contributed by atoms with Gasteiger partial charge in [0, 0.05) is 10.2 Å². The van der Waals surface area contributed by atoms with E-state index in [0.29, 0.717) is 5.69 Å². The third-order valence-electron chi connectivity index (χ3n) is 2.78. The minimum atomic E-state index is -1.08. The smallest absolute Gasteiger partial charge is 0.325 e. The largest absolute Gasteiger partial charge is 0.480 e. The molecule has 1 atom stereocenters. The third kappa shape index (κ3) is 3.48. The van der Waals surface area contributed by atoms with Crippen LogP contribution in [-0.4, -0.2) is 23.1 Å². The van der Waals surface area contributed by atoms with Gasteiger partial charge in [-0.25, -0.2) is 4.79 Å². The van der Waals surface area contributed by atoms with Crippen molar-refractivity contribution in [2.45, 2.75) is 13.0 Å². The Balaban J connectivity index is 2.12. The number of carbonyl (C=O) groups is 2. The Morgan fingerprint density at radius 1 is 1.15 bits per heavy atom. The number of hydrogen-bond donors (Lipinski definition) is 3. The van der Waals surface area contributed by atoms with Crippen LogP contribution in [0.25, 0.3) is 10.8 Å². The quantitative estimate of drug-likeness (QED) is 0.805. The van der Waals surface area contributed by atoms with Gasteiger partial charge in [0.05, 0.1) is 0 Å². The van der Waals surface area contributed by atoms with E-state index in [1.54, 1.807) is 6.07 Å². The van der Waals surface area contributed by atoms with E-state index >= 15 is 0 Å². The normalized spacial score (nSPS) is 11.9. The molecule has 0 fully saturated rings. The number of rotatable bonds is 3. The maximum absolute atomic E-state index is 11.6. The van der Waals surface area contributed by atoms with E-state index in [4.69, 9.17) is 5.11 Å². The van der Waals surface area contributed by atoms with Crippen LogP contribution in [0.5, 0.6) is 0 Å². The number of carboxylic acids is 1. The van der Waals surface area contributed by atoms with Crippen molar-refractivity contribution in [2.75, 3.05) is 5.32 Å². The predicted octanol–water partition coefficient (Wildman–Crippen LogP) is 3.20. The lowest BCUT2D eigenvalue weighted by molar-refractivity contribution is -0.138. The molecule has 0 aromatic heterocycles. The number of halogens is 1. The fourth-order valence-electron chi connectivity index (χ4n) is 1.72. The number of nitrogens with one attached hydrogen (secondary N) is 2. The minimum absolute atomic E-state index is 0.545. The van der Waals surface area contributed by atoms with Crippen molar-refractivity contribution in [1.29, 1.82) is 0 Å². The molecule has 0 spiro atoms. The highest BCUT2D eigenvalue weighted by atomic mass is 79.9. The van der Waals surface area contributed by atoms with Gasteiger partial charge in [-0.3, -0.25) is 4.79 Å². The Labute approximate surface area is 124 Å². The Kier molecular flexibility index (Phi) is 4.24. The Bertz CT molecular complexity index is 673. The Morgan fingerprint density at radius 2 is 1.80 bits per heavy atom. The van der Waals surface area contributed by atoms with Gasteiger partial charge in [0.15, 0.2) is 0 Å². The van der Waals surface area contributed by atoms with Crippen LogP contribution in [0.2, 0.25) is 0 Å². The average molecular weight is 337 g/mol. The van der Waals surface area contributed by atoms with E-state index < -0.39 is 18.0 Å². The summed E-state index contributed by atoms with van der Waals surface area (Å²) in [6.45, 7) is 1.40. The predicted molar refractivity (Wildman–Crippen MR) is 80.9 cm³/mol. The van der Waals surface area contributed by atoms with Crippen LogP contribution in [0.15, 0.2) is 40.9 Å². The van der Waals surface area contributed by atoms with Crippen molar-refractivity contribution in [3.8, 4) is 0 Å². The van der Waals surface area contributed by atoms with Crippen molar-refractivity contribution >= 4 is 44.4 Å². The summed E-state index contributed by atoms with van der Waals surface area (Å²) >= 11 is 3.40. The zero-order valence-electron chi connectivity index (χ0n) is 10.7. The molecule has 0 aliphatic carbocycles. The van der Waals surface area contributed by atoms with Crippen LogP contribution in [0, 0.1) is 0 Å². The molecule has 0 aliphatic heterocycles. The number of benzene rings is 2. The van der Waals surface area contributed by atoms with Crippen LogP contribution in [-0.2, 0) is 4.79 Å². The molecule has 2 aromatic carbocycles. The van der Waals surface area contributed by atoms with Gasteiger partial charge in [-0.2, -0.15) is 0 Å². The number of carboxylic acid groups (broad SMARTS) is 1. The zero-order valence-corrected chi connectivity index (χ0v) is 12.3. The van der Waals surface area contributed by atoms with E-state index in [1.807, 2.05) is 30.3 Å². The Morgan fingerprint density at radius 3 is 2.50 bits per heavy atom. The highest BCUT2D eigenvalue weighted by molar-refractivity contribution is 9.10. The lowest BCUT2D eigenvalue weighted by Crippen LogP contribution is -2.40. The Hall–Kier alpha value is -2.08. The lowest BCUT2D eigenvalue weighted by atomic mass is 10.1. The first kappa shape index (κ1) is 14.3. The first-order valence-electron chi connectivity index (χ1n) is 5.95. The molecule has 3 N–H and O–H groups in total. The van der Waals surface area contributed by atoms with Crippen molar-refractivity contribution in [2.24, 2.45) is 0 Å². The van der Waals surface area contributed by atoms with E-state index in [2.05, 4.69) is 26.6 Å². The molecule has 6 heteroatoms. The molecular formula is C14H13BrN2O3. The molecule has 0 bridgehead atoms. The maximum Gasteiger partial charge on any atom is 0.325 e. The lowest BCUT2D eigenvalue weighted by Gasteiger charge is -2.11. The van der Waals surface area contributed by atoms with Gasteiger partial charge in [0.25, 0.3) is 0 Å². The minimum Gasteiger partial charge on any atom is -0.480 e. The van der Waals surface area contributed by atoms with E-state index in [0.717, 1.165) is 15.2 Å². The number of anilines is 1. The van der Waals surface area contributed by atoms with Gasteiger partial charge < -0.3 is 15.7 Å². The van der Waals surface area contributed by atoms with Crippen LogP contribution in [0.3, 0.4) is 0 Å². The van der Waals surface area contributed by atoms with Crippen LogP contribution < -0.4 is 10.6 Å². The fourth-order valence-corrected chi connectivity index (χ4v) is 2.10. The standard InChI is InChI=1S/C14H13BrN2O3/c1-8(13(18)19)16-14(20)17-12-5-3-9-6-11(15)4-2-10(9)7-12/h2-8H,1H3,(H,18,19)(H2,16,17,20)/t8-/m0/s1. The maximum atomic E-state index is 11.6.